The molecule has 18 heteroatoms. The first-order valence-corrected chi connectivity index (χ1v) is 20.2. The molecule has 1 spiro atoms. The Labute approximate surface area is 361 Å². The summed E-state index contributed by atoms with van der Waals surface area (Å²) in [5.41, 5.74) is -0.698. The van der Waals surface area contributed by atoms with Gasteiger partial charge < -0.3 is 34.1 Å². The van der Waals surface area contributed by atoms with Gasteiger partial charge in [0.1, 0.15) is 56.4 Å². The Kier molecular flexibility index (Phi) is 13.8. The average Bonchev–Trinajstić information content (AvgIpc) is 3.17. The highest BCUT2D eigenvalue weighted by molar-refractivity contribution is 6.43. The molecule has 2 aliphatic heterocycles. The van der Waals surface area contributed by atoms with Gasteiger partial charge in [0.2, 0.25) is 5.91 Å². The van der Waals surface area contributed by atoms with E-state index in [0.29, 0.717) is 4.90 Å². The highest BCUT2D eigenvalue weighted by atomic mass is 35.5. The van der Waals surface area contributed by atoms with Crippen LogP contribution in [-0.2, 0) is 14.3 Å². The summed E-state index contributed by atoms with van der Waals surface area (Å²) in [4.78, 5) is 71.9. The molecular formula is C42H54Cl2N8O8. The predicted molar refractivity (Wildman–Crippen MR) is 234 cm³/mol. The number of urea groups is 1. The van der Waals surface area contributed by atoms with Crippen molar-refractivity contribution < 1.29 is 38.1 Å². The predicted octanol–water partition coefficient (Wildman–Crippen LogP) is 8.92. The summed E-state index contributed by atoms with van der Waals surface area (Å²) in [7, 11) is 4.05. The van der Waals surface area contributed by atoms with Gasteiger partial charge in [-0.05, 0) is 98.3 Å². The van der Waals surface area contributed by atoms with Crippen LogP contribution in [0, 0.1) is 5.41 Å². The van der Waals surface area contributed by atoms with E-state index in [2.05, 4.69) is 38.6 Å². The number of carbonyl (C=O) groups excluding carboxylic acids is 4. The van der Waals surface area contributed by atoms with Crippen molar-refractivity contribution in [1.82, 2.24) is 14.9 Å². The molecule has 3 aromatic rings. The number of rotatable bonds is 10. The molecule has 5 amide bonds. The number of halogens is 2. The van der Waals surface area contributed by atoms with Crippen LogP contribution in [0.5, 0.6) is 11.5 Å². The van der Waals surface area contributed by atoms with E-state index < -0.39 is 35.3 Å². The van der Waals surface area contributed by atoms with Crippen LogP contribution in [0.2, 0.25) is 10.0 Å². The standard InChI is InChI=1S/C42H54Cl2N8O8/c1-12-33(53)47-27-20-26(50-23-42(24-50)16-18-49(13-2)19-17-42)14-15-28(27)51(38(55)59-40(3,4)5)32-22-31(45-25-46-32)48(9)37(54)52(39(56)60-41(6,7)8)36-34(43)29(57-10)21-30(58-11)35(36)44/h12,14-15,20-22,25H,1,13,16-19,23-24H2,2-11H3,(H,47,53). The lowest BCUT2D eigenvalue weighted by Crippen LogP contribution is -2.60. The van der Waals surface area contributed by atoms with E-state index in [1.165, 1.54) is 38.3 Å². The lowest BCUT2D eigenvalue weighted by atomic mass is 9.71. The van der Waals surface area contributed by atoms with E-state index in [4.69, 9.17) is 42.1 Å². The Morgan fingerprint density at radius 2 is 1.45 bits per heavy atom. The maximum atomic E-state index is 14.6. The largest absolute Gasteiger partial charge is 0.495 e. The van der Waals surface area contributed by atoms with Crippen LogP contribution >= 0.6 is 23.2 Å². The van der Waals surface area contributed by atoms with Crippen LogP contribution in [0.3, 0.4) is 0 Å². The maximum Gasteiger partial charge on any atom is 0.423 e. The first-order valence-electron chi connectivity index (χ1n) is 19.5. The summed E-state index contributed by atoms with van der Waals surface area (Å²) < 4.78 is 22.3. The lowest BCUT2D eigenvalue weighted by Gasteiger charge is -2.55. The van der Waals surface area contributed by atoms with Crippen LogP contribution < -0.4 is 34.4 Å². The van der Waals surface area contributed by atoms with Gasteiger partial charge in [-0.2, -0.15) is 4.90 Å². The number of piperidine rings is 1. The van der Waals surface area contributed by atoms with Crippen LogP contribution in [0.25, 0.3) is 0 Å². The molecule has 1 aromatic heterocycles. The molecule has 324 valence electrons. The van der Waals surface area contributed by atoms with E-state index in [1.54, 1.807) is 53.7 Å². The van der Waals surface area contributed by atoms with E-state index in [9.17, 15) is 19.2 Å². The number of hydrogen-bond donors (Lipinski definition) is 1. The van der Waals surface area contributed by atoms with Crippen LogP contribution in [0.1, 0.15) is 61.3 Å². The molecular weight excluding hydrogens is 815 g/mol. The zero-order valence-corrected chi connectivity index (χ0v) is 37.4. The van der Waals surface area contributed by atoms with Crippen molar-refractivity contribution in [3.63, 3.8) is 0 Å². The number of imide groups is 1. The first-order chi connectivity index (χ1) is 28.1. The molecule has 3 heterocycles. The SMILES string of the molecule is C=CC(=O)Nc1cc(N2CC3(CCN(CC)CC3)C2)ccc1N(C(=O)OC(C)(C)C)c1cc(N(C)C(=O)N(C(=O)OC(C)(C)C)c2c(Cl)c(OC)cc(OC)c2Cl)ncn1. The molecule has 0 atom stereocenters. The molecule has 0 aliphatic carbocycles. The smallest absolute Gasteiger partial charge is 0.423 e. The third kappa shape index (κ3) is 10.2. The molecule has 2 aromatic carbocycles. The molecule has 16 nitrogen and oxygen atoms in total. The van der Waals surface area contributed by atoms with Crippen molar-refractivity contribution in [2.45, 2.75) is 72.5 Å². The number of carbonyl (C=O) groups is 4. The minimum Gasteiger partial charge on any atom is -0.495 e. The van der Waals surface area contributed by atoms with E-state index in [-0.39, 0.29) is 55.7 Å². The quantitative estimate of drug-likeness (QED) is 0.193. The van der Waals surface area contributed by atoms with Crippen LogP contribution in [0.15, 0.2) is 49.3 Å². The maximum absolute atomic E-state index is 14.6. The fraction of sp³-hybridized carbons (Fsp3) is 0.476. The topological polar surface area (TPSA) is 159 Å². The van der Waals surface area contributed by atoms with E-state index >= 15 is 0 Å². The molecule has 0 unspecified atom stereocenters. The van der Waals surface area contributed by atoms with Crippen molar-refractivity contribution >= 4 is 81.7 Å². The monoisotopic (exact) mass is 868 g/mol. The van der Waals surface area contributed by atoms with Gasteiger partial charge in [0, 0.05) is 43.4 Å². The second kappa shape index (κ2) is 18.1. The number of anilines is 6. The molecule has 0 saturated carbocycles. The number of hydrogen-bond acceptors (Lipinski definition) is 12. The second-order valence-electron chi connectivity index (χ2n) is 16.7. The number of methoxy groups -OCH3 is 2. The van der Waals surface area contributed by atoms with Crippen molar-refractivity contribution in [1.29, 1.82) is 0 Å². The highest BCUT2D eigenvalue weighted by Gasteiger charge is 2.45. The number of nitrogens with one attached hydrogen (secondary N) is 1. The third-order valence-corrected chi connectivity index (χ3v) is 10.8. The molecule has 2 saturated heterocycles. The van der Waals surface area contributed by atoms with Gasteiger partial charge in [0.15, 0.2) is 0 Å². The third-order valence-electron chi connectivity index (χ3n) is 10.1. The summed E-state index contributed by atoms with van der Waals surface area (Å²) in [6.45, 7) is 20.7. The number of likely N-dealkylation sites (tertiary alicyclic amines) is 1. The van der Waals surface area contributed by atoms with Gasteiger partial charge in [-0.15, -0.1) is 0 Å². The molecule has 0 radical (unpaired) electrons. The number of ether oxygens (including phenoxy) is 4. The van der Waals surface area contributed by atoms with Gasteiger partial charge >= 0.3 is 18.2 Å². The molecule has 5 rings (SSSR count). The van der Waals surface area contributed by atoms with Gasteiger partial charge in [0.05, 0.1) is 25.6 Å². The van der Waals surface area contributed by atoms with Crippen LogP contribution in [-0.4, -0.2) is 104 Å². The van der Waals surface area contributed by atoms with Crippen molar-refractivity contribution in [2.24, 2.45) is 5.41 Å². The summed E-state index contributed by atoms with van der Waals surface area (Å²) >= 11 is 13.4. The van der Waals surface area contributed by atoms with Gasteiger partial charge in [0.25, 0.3) is 0 Å². The minimum atomic E-state index is -1.12. The Hall–Kier alpha value is -5.32. The molecule has 2 aliphatic rings. The summed E-state index contributed by atoms with van der Waals surface area (Å²) in [6.07, 6.45) is 2.52. The van der Waals surface area contributed by atoms with E-state index in [1.807, 2.05) is 6.07 Å². The van der Waals surface area contributed by atoms with Gasteiger partial charge in [-0.25, -0.2) is 29.3 Å². The van der Waals surface area contributed by atoms with Crippen molar-refractivity contribution in [3.8, 4) is 11.5 Å². The van der Waals surface area contributed by atoms with E-state index in [0.717, 1.165) is 68.6 Å². The normalized spacial score (nSPS) is 15.0. The molecule has 60 heavy (non-hydrogen) atoms. The summed E-state index contributed by atoms with van der Waals surface area (Å²) in [6, 6.07) is 7.12. The summed E-state index contributed by atoms with van der Waals surface area (Å²) in [5.74, 6) is -0.491. The van der Waals surface area contributed by atoms with Gasteiger partial charge in [-0.3, -0.25) is 9.69 Å². The average molecular weight is 870 g/mol. The minimum absolute atomic E-state index is 0.0377. The summed E-state index contributed by atoms with van der Waals surface area (Å²) in [5, 5.41) is 2.50. The van der Waals surface area contributed by atoms with Crippen molar-refractivity contribution in [2.75, 3.05) is 78.9 Å². The first kappa shape index (κ1) is 45.8. The fourth-order valence-electron chi connectivity index (χ4n) is 6.96. The zero-order chi connectivity index (χ0) is 44.3. The molecule has 0 bridgehead atoms. The Morgan fingerprint density at radius 1 is 0.883 bits per heavy atom. The second-order valence-corrected chi connectivity index (χ2v) is 17.4. The highest BCUT2D eigenvalue weighted by Crippen LogP contribution is 2.48. The Bertz CT molecular complexity index is 2090. The number of benzene rings is 2. The number of amides is 5. The number of nitrogens with zero attached hydrogens (tertiary/aromatic N) is 7. The van der Waals surface area contributed by atoms with Gasteiger partial charge in [-0.1, -0.05) is 36.7 Å². The number of aromatic nitrogens is 2. The molecule has 2 fully saturated rings. The zero-order valence-electron chi connectivity index (χ0n) is 35.9. The Morgan fingerprint density at radius 3 is 1.98 bits per heavy atom. The Balaban J connectivity index is 1.58. The molecule has 1 N–H and O–H groups in total. The fourth-order valence-corrected chi connectivity index (χ4v) is 7.63. The van der Waals surface area contributed by atoms with Crippen LogP contribution in [0.4, 0.5) is 48.8 Å². The lowest BCUT2D eigenvalue weighted by molar-refractivity contribution is -0.111. The van der Waals surface area contributed by atoms with Crippen molar-refractivity contribution in [3.05, 3.63) is 59.4 Å².